The van der Waals surface area contributed by atoms with Crippen molar-refractivity contribution in [3.8, 4) is 17.2 Å². The zero-order valence-corrected chi connectivity index (χ0v) is 18.2. The molecule has 0 saturated carbocycles. The van der Waals surface area contributed by atoms with Crippen LogP contribution >= 0.6 is 15.9 Å². The smallest absolute Gasteiger partial charge is 0.349 e. The highest BCUT2D eigenvalue weighted by atomic mass is 79.9. The molecule has 0 atom stereocenters. The molecule has 2 rings (SSSR count). The van der Waals surface area contributed by atoms with Gasteiger partial charge >= 0.3 is 5.97 Å². The monoisotopic (exact) mass is 463 g/mol. The summed E-state index contributed by atoms with van der Waals surface area (Å²) in [5, 5.41) is 10.4. The Morgan fingerprint density at radius 3 is 2.55 bits per heavy atom. The lowest BCUT2D eigenvalue weighted by atomic mass is 10.0. The van der Waals surface area contributed by atoms with E-state index in [1.165, 1.54) is 19.3 Å². The highest BCUT2D eigenvalue weighted by molar-refractivity contribution is 9.10. The summed E-state index contributed by atoms with van der Waals surface area (Å²) in [4.78, 5) is 22.1. The summed E-state index contributed by atoms with van der Waals surface area (Å²) in [7, 11) is 1.42. The Morgan fingerprint density at radius 2 is 1.93 bits per heavy atom. The molecule has 2 aromatic rings. The topological polar surface area (TPSA) is 87.9 Å². The molecule has 0 aliphatic carbocycles. The van der Waals surface area contributed by atoms with Crippen LogP contribution < -0.4 is 14.2 Å². The lowest BCUT2D eigenvalue weighted by Gasteiger charge is -2.16. The summed E-state index contributed by atoms with van der Waals surface area (Å²) in [6.07, 6.45) is 2.14. The first-order valence-electron chi connectivity index (χ1n) is 8.84. The van der Waals surface area contributed by atoms with E-state index in [4.69, 9.17) is 14.2 Å². The number of hydrogen-bond acceptors (Lipinski definition) is 6. The molecule has 0 saturated heterocycles. The second-order valence-electron chi connectivity index (χ2n) is 6.57. The van der Waals surface area contributed by atoms with Crippen molar-refractivity contribution in [2.45, 2.75) is 26.7 Å². The predicted molar refractivity (Wildman–Crippen MR) is 113 cm³/mol. The summed E-state index contributed by atoms with van der Waals surface area (Å²) in [6, 6.07) is 8.50. The van der Waals surface area contributed by atoms with Gasteiger partial charge in [-0.25, -0.2) is 4.79 Å². The third kappa shape index (κ3) is 6.32. The Hall–Kier alpha value is -2.87. The van der Waals surface area contributed by atoms with Crippen molar-refractivity contribution < 1.29 is 23.9 Å². The van der Waals surface area contributed by atoms with Gasteiger partial charge in [0, 0.05) is 10.5 Å². The number of nitro groups is 1. The number of aryl methyl sites for hydroxylation is 1. The molecule has 0 amide bonds. The standard InChI is InChI=1S/C21H22BrNO6/c1-13(2)16-11-17(22)14(3)9-19(16)28-12-21(24)29-18-6-5-15(7-8-23(25)26)10-20(18)27-4/h5-11,13H,12H2,1-4H3/b8-7+. The molecule has 0 N–H and O–H groups in total. The molecule has 2 aromatic carbocycles. The molecule has 7 nitrogen and oxygen atoms in total. The first-order valence-corrected chi connectivity index (χ1v) is 9.63. The van der Waals surface area contributed by atoms with Gasteiger partial charge in [-0.15, -0.1) is 0 Å². The zero-order chi connectivity index (χ0) is 21.6. The molecule has 0 unspecified atom stereocenters. The van der Waals surface area contributed by atoms with Crippen LogP contribution in [0.1, 0.15) is 36.5 Å². The number of carbonyl (C=O) groups excluding carboxylic acids is 1. The van der Waals surface area contributed by atoms with E-state index < -0.39 is 10.9 Å². The molecule has 0 bridgehead atoms. The van der Waals surface area contributed by atoms with Crippen molar-refractivity contribution in [2.75, 3.05) is 13.7 Å². The minimum absolute atomic E-state index is 0.204. The molecule has 0 heterocycles. The minimum atomic E-state index is -0.591. The SMILES string of the molecule is COc1cc(/C=C/[N+](=O)[O-])ccc1OC(=O)COc1cc(C)c(Br)cc1C(C)C. The Bertz CT molecular complexity index is 939. The van der Waals surface area contributed by atoms with Crippen molar-refractivity contribution in [1.29, 1.82) is 0 Å². The van der Waals surface area contributed by atoms with Gasteiger partial charge in [-0.1, -0.05) is 35.8 Å². The van der Waals surface area contributed by atoms with Crippen molar-refractivity contribution in [3.63, 3.8) is 0 Å². The second kappa shape index (κ2) is 10.1. The molecule has 154 valence electrons. The number of carbonyl (C=O) groups is 1. The Kier molecular flexibility index (Phi) is 7.78. The van der Waals surface area contributed by atoms with Crippen LogP contribution in [0, 0.1) is 17.0 Å². The number of nitrogens with zero attached hydrogens (tertiary/aromatic N) is 1. The Morgan fingerprint density at radius 1 is 1.21 bits per heavy atom. The van der Waals surface area contributed by atoms with E-state index in [2.05, 4.69) is 15.9 Å². The summed E-state index contributed by atoms with van der Waals surface area (Å²) >= 11 is 3.51. The largest absolute Gasteiger partial charge is 0.493 e. The fourth-order valence-electron chi connectivity index (χ4n) is 2.55. The molecule has 0 spiro atoms. The zero-order valence-electron chi connectivity index (χ0n) is 16.6. The van der Waals surface area contributed by atoms with Crippen LogP contribution in [-0.2, 0) is 4.79 Å². The van der Waals surface area contributed by atoms with E-state index in [1.54, 1.807) is 12.1 Å². The highest BCUT2D eigenvalue weighted by Crippen LogP contribution is 2.32. The Labute approximate surface area is 177 Å². The van der Waals surface area contributed by atoms with Crippen molar-refractivity contribution >= 4 is 28.0 Å². The average molecular weight is 464 g/mol. The second-order valence-corrected chi connectivity index (χ2v) is 7.42. The maximum atomic E-state index is 12.3. The van der Waals surface area contributed by atoms with Gasteiger partial charge in [0.15, 0.2) is 18.1 Å². The number of ether oxygens (including phenoxy) is 3. The molecule has 0 aliphatic rings. The lowest BCUT2D eigenvalue weighted by Crippen LogP contribution is -2.18. The normalized spacial score (nSPS) is 11.0. The molecule has 8 heteroatoms. The average Bonchev–Trinajstić information content (AvgIpc) is 2.67. The first kappa shape index (κ1) is 22.4. The van der Waals surface area contributed by atoms with Crippen LogP contribution in [0.4, 0.5) is 0 Å². The first-order chi connectivity index (χ1) is 13.7. The minimum Gasteiger partial charge on any atom is -0.493 e. The molecule has 0 aromatic heterocycles. The maximum Gasteiger partial charge on any atom is 0.349 e. The van der Waals surface area contributed by atoms with E-state index in [-0.39, 0.29) is 24.0 Å². The van der Waals surface area contributed by atoms with E-state index in [9.17, 15) is 14.9 Å². The number of benzene rings is 2. The number of hydrogen-bond donors (Lipinski definition) is 0. The summed E-state index contributed by atoms with van der Waals surface area (Å²) in [6.45, 7) is 5.76. The third-order valence-corrected chi connectivity index (χ3v) is 4.91. The molecule has 0 aliphatic heterocycles. The van der Waals surface area contributed by atoms with Gasteiger partial charge < -0.3 is 14.2 Å². The van der Waals surface area contributed by atoms with Crippen molar-refractivity contribution in [3.05, 3.63) is 67.8 Å². The highest BCUT2D eigenvalue weighted by Gasteiger charge is 2.15. The maximum absolute atomic E-state index is 12.3. The molecule has 0 radical (unpaired) electrons. The summed E-state index contributed by atoms with van der Waals surface area (Å²) < 4.78 is 17.2. The van der Waals surface area contributed by atoms with E-state index >= 15 is 0 Å². The van der Waals surface area contributed by atoms with Crippen molar-refractivity contribution in [1.82, 2.24) is 0 Å². The molecular formula is C21H22BrNO6. The van der Waals surface area contributed by atoms with Gasteiger partial charge in [-0.05, 0) is 53.8 Å². The van der Waals surface area contributed by atoms with Gasteiger partial charge in [-0.3, -0.25) is 10.1 Å². The molecule has 0 fully saturated rings. The fourth-order valence-corrected chi connectivity index (χ4v) is 2.92. The number of halogens is 1. The Balaban J connectivity index is 2.10. The van der Waals surface area contributed by atoms with Crippen LogP contribution in [0.25, 0.3) is 6.08 Å². The third-order valence-electron chi connectivity index (χ3n) is 4.06. The van der Waals surface area contributed by atoms with E-state index in [1.807, 2.05) is 32.9 Å². The van der Waals surface area contributed by atoms with Crippen LogP contribution in [0.5, 0.6) is 17.2 Å². The molecular weight excluding hydrogens is 442 g/mol. The van der Waals surface area contributed by atoms with E-state index in [0.29, 0.717) is 11.3 Å². The number of methoxy groups -OCH3 is 1. The van der Waals surface area contributed by atoms with Gasteiger partial charge in [-0.2, -0.15) is 0 Å². The predicted octanol–water partition coefficient (Wildman–Crippen LogP) is 5.12. The lowest BCUT2D eigenvalue weighted by molar-refractivity contribution is -0.400. The van der Waals surface area contributed by atoms with E-state index in [0.717, 1.165) is 21.8 Å². The fraction of sp³-hybridized carbons (Fsp3) is 0.286. The number of esters is 1. The van der Waals surface area contributed by atoms with Crippen LogP contribution in [-0.4, -0.2) is 24.6 Å². The van der Waals surface area contributed by atoms with Gasteiger partial charge in [0.2, 0.25) is 6.20 Å². The summed E-state index contributed by atoms with van der Waals surface area (Å²) in [5.74, 6) is 0.747. The quantitative estimate of drug-likeness (QED) is 0.233. The van der Waals surface area contributed by atoms with Gasteiger partial charge in [0.25, 0.3) is 0 Å². The van der Waals surface area contributed by atoms with Crippen LogP contribution in [0.3, 0.4) is 0 Å². The number of rotatable bonds is 8. The van der Waals surface area contributed by atoms with Crippen LogP contribution in [0.2, 0.25) is 0 Å². The van der Waals surface area contributed by atoms with Crippen molar-refractivity contribution in [2.24, 2.45) is 0 Å². The molecule has 29 heavy (non-hydrogen) atoms. The summed E-state index contributed by atoms with van der Waals surface area (Å²) in [5.41, 5.74) is 2.52. The van der Waals surface area contributed by atoms with Crippen LogP contribution in [0.15, 0.2) is 41.0 Å². The van der Waals surface area contributed by atoms with Gasteiger partial charge in [0.1, 0.15) is 5.75 Å². The van der Waals surface area contributed by atoms with Gasteiger partial charge in [0.05, 0.1) is 12.0 Å².